The van der Waals surface area contributed by atoms with Gasteiger partial charge in [-0.05, 0) is 42.8 Å². The number of nitrogens with one attached hydrogen (secondary N) is 1. The van der Waals surface area contributed by atoms with Crippen LogP contribution in [-0.2, 0) is 11.8 Å². The Balaban J connectivity index is 1.46. The van der Waals surface area contributed by atoms with Crippen LogP contribution < -0.4 is 10.1 Å². The van der Waals surface area contributed by atoms with E-state index in [4.69, 9.17) is 4.74 Å². The average Bonchev–Trinajstić information content (AvgIpc) is 3.12. The Morgan fingerprint density at radius 2 is 1.81 bits per heavy atom. The summed E-state index contributed by atoms with van der Waals surface area (Å²) >= 11 is 0. The fraction of sp³-hybridized carbons (Fsp3) is 0.190. The van der Waals surface area contributed by atoms with E-state index in [1.54, 1.807) is 48.3 Å². The molecule has 0 saturated carbocycles. The largest absolute Gasteiger partial charge is 0.494 e. The fourth-order valence-electron chi connectivity index (χ4n) is 2.58. The molecular formula is C21H21N3O3. The van der Waals surface area contributed by atoms with E-state index in [2.05, 4.69) is 10.3 Å². The van der Waals surface area contributed by atoms with Gasteiger partial charge in [0.05, 0.1) is 6.61 Å². The summed E-state index contributed by atoms with van der Waals surface area (Å²) in [7, 11) is 1.77. The standard InChI is InChI=1S/C21H21N3O3/c1-24-14-13-22-21(24)20(26)16-9-11-17(12-10-16)23-19(25)8-5-15-27-18-6-3-2-4-7-18/h2-4,6-7,9-14H,5,8,15H2,1H3,(H,23,25). The Hall–Kier alpha value is -3.41. The van der Waals surface area contributed by atoms with E-state index in [9.17, 15) is 9.59 Å². The van der Waals surface area contributed by atoms with Crippen LogP contribution in [0.3, 0.4) is 0 Å². The third kappa shape index (κ3) is 5.04. The van der Waals surface area contributed by atoms with E-state index >= 15 is 0 Å². The molecule has 0 unspecified atom stereocenters. The molecule has 6 nitrogen and oxygen atoms in total. The molecule has 0 saturated heterocycles. The van der Waals surface area contributed by atoms with Gasteiger partial charge in [-0.2, -0.15) is 0 Å². The number of benzene rings is 2. The molecule has 3 aromatic rings. The van der Waals surface area contributed by atoms with Crippen molar-refractivity contribution in [2.45, 2.75) is 12.8 Å². The third-order valence-electron chi connectivity index (χ3n) is 4.02. The van der Waals surface area contributed by atoms with E-state index < -0.39 is 0 Å². The highest BCUT2D eigenvalue weighted by Gasteiger charge is 2.13. The summed E-state index contributed by atoms with van der Waals surface area (Å²) in [5.74, 6) is 0.935. The number of hydrogen-bond acceptors (Lipinski definition) is 4. The van der Waals surface area contributed by atoms with Crippen molar-refractivity contribution in [3.05, 3.63) is 78.4 Å². The molecule has 0 bridgehead atoms. The number of imidazole rings is 1. The normalized spacial score (nSPS) is 10.4. The van der Waals surface area contributed by atoms with E-state index in [0.29, 0.717) is 36.5 Å². The van der Waals surface area contributed by atoms with E-state index in [0.717, 1.165) is 5.75 Å². The first-order valence-electron chi connectivity index (χ1n) is 8.73. The van der Waals surface area contributed by atoms with Gasteiger partial charge in [-0.25, -0.2) is 4.98 Å². The lowest BCUT2D eigenvalue weighted by molar-refractivity contribution is -0.116. The van der Waals surface area contributed by atoms with Crippen LogP contribution >= 0.6 is 0 Å². The number of nitrogens with zero attached hydrogens (tertiary/aromatic N) is 2. The van der Waals surface area contributed by atoms with Crippen LogP contribution in [0.1, 0.15) is 29.0 Å². The number of para-hydroxylation sites is 1. The molecule has 138 valence electrons. The predicted molar refractivity (Wildman–Crippen MR) is 103 cm³/mol. The monoisotopic (exact) mass is 363 g/mol. The molecule has 1 amide bonds. The number of carbonyl (C=O) groups excluding carboxylic acids is 2. The van der Waals surface area contributed by atoms with Crippen LogP contribution in [0.2, 0.25) is 0 Å². The molecule has 1 heterocycles. The quantitative estimate of drug-likeness (QED) is 0.491. The van der Waals surface area contributed by atoms with Gasteiger partial charge in [0.25, 0.3) is 0 Å². The SMILES string of the molecule is Cn1ccnc1C(=O)c1ccc(NC(=O)CCCOc2ccccc2)cc1. The minimum atomic E-state index is -0.154. The van der Waals surface area contributed by atoms with Crippen LogP contribution in [0.4, 0.5) is 5.69 Å². The average molecular weight is 363 g/mol. The lowest BCUT2D eigenvalue weighted by atomic mass is 10.1. The number of aromatic nitrogens is 2. The summed E-state index contributed by atoms with van der Waals surface area (Å²) in [5, 5.41) is 2.83. The predicted octanol–water partition coefficient (Wildman–Crippen LogP) is 3.45. The van der Waals surface area contributed by atoms with Gasteiger partial charge in [0.15, 0.2) is 5.82 Å². The van der Waals surface area contributed by atoms with E-state index in [1.165, 1.54) is 0 Å². The van der Waals surface area contributed by atoms with Gasteiger partial charge in [0.1, 0.15) is 5.75 Å². The number of ether oxygens (including phenoxy) is 1. The minimum absolute atomic E-state index is 0.0881. The molecule has 0 aliphatic carbocycles. The smallest absolute Gasteiger partial charge is 0.228 e. The molecule has 0 aliphatic heterocycles. The maximum atomic E-state index is 12.4. The molecule has 0 fully saturated rings. The topological polar surface area (TPSA) is 73.2 Å². The molecule has 0 aliphatic rings. The number of aryl methyl sites for hydroxylation is 1. The van der Waals surface area contributed by atoms with Crippen molar-refractivity contribution in [1.29, 1.82) is 0 Å². The highest BCUT2D eigenvalue weighted by molar-refractivity contribution is 6.07. The summed E-state index contributed by atoms with van der Waals surface area (Å²) in [5.41, 5.74) is 1.18. The molecule has 27 heavy (non-hydrogen) atoms. The van der Waals surface area contributed by atoms with Crippen LogP contribution in [0.15, 0.2) is 67.0 Å². The summed E-state index contributed by atoms with van der Waals surface area (Å²) in [6.07, 6.45) is 4.30. The molecule has 6 heteroatoms. The second kappa shape index (κ2) is 8.80. The molecule has 1 aromatic heterocycles. The van der Waals surface area contributed by atoms with Crippen molar-refractivity contribution in [2.75, 3.05) is 11.9 Å². The van der Waals surface area contributed by atoms with Gasteiger partial charge in [0.2, 0.25) is 11.7 Å². The van der Waals surface area contributed by atoms with Gasteiger partial charge >= 0.3 is 0 Å². The summed E-state index contributed by atoms with van der Waals surface area (Å²) in [6, 6.07) is 16.3. The van der Waals surface area contributed by atoms with Gasteiger partial charge in [-0.3, -0.25) is 9.59 Å². The Morgan fingerprint density at radius 3 is 2.48 bits per heavy atom. The van der Waals surface area contributed by atoms with Crippen LogP contribution in [0, 0.1) is 0 Å². The number of ketones is 1. The van der Waals surface area contributed by atoms with Crippen LogP contribution in [-0.4, -0.2) is 27.8 Å². The number of hydrogen-bond donors (Lipinski definition) is 1. The lowest BCUT2D eigenvalue weighted by Crippen LogP contribution is -2.13. The molecule has 0 radical (unpaired) electrons. The molecular weight excluding hydrogens is 342 g/mol. The first-order valence-corrected chi connectivity index (χ1v) is 8.73. The van der Waals surface area contributed by atoms with Crippen molar-refractivity contribution in [1.82, 2.24) is 9.55 Å². The Bertz CT molecular complexity index is 902. The number of carbonyl (C=O) groups is 2. The molecule has 0 spiro atoms. The zero-order chi connectivity index (χ0) is 19.1. The highest BCUT2D eigenvalue weighted by atomic mass is 16.5. The Labute approximate surface area is 157 Å². The summed E-state index contributed by atoms with van der Waals surface area (Å²) < 4.78 is 7.24. The van der Waals surface area contributed by atoms with Crippen molar-refractivity contribution < 1.29 is 14.3 Å². The van der Waals surface area contributed by atoms with Gasteiger partial charge in [-0.15, -0.1) is 0 Å². The fourth-order valence-corrected chi connectivity index (χ4v) is 2.58. The van der Waals surface area contributed by atoms with Gasteiger partial charge in [-0.1, -0.05) is 18.2 Å². The van der Waals surface area contributed by atoms with Gasteiger partial charge < -0.3 is 14.6 Å². The Morgan fingerprint density at radius 1 is 1.07 bits per heavy atom. The van der Waals surface area contributed by atoms with E-state index in [1.807, 2.05) is 30.3 Å². The van der Waals surface area contributed by atoms with Crippen LogP contribution in [0.25, 0.3) is 0 Å². The number of rotatable bonds is 8. The molecule has 0 atom stereocenters. The maximum Gasteiger partial charge on any atom is 0.228 e. The second-order valence-corrected chi connectivity index (χ2v) is 6.08. The molecule has 1 N–H and O–H groups in total. The highest BCUT2D eigenvalue weighted by Crippen LogP contribution is 2.14. The van der Waals surface area contributed by atoms with Crippen LogP contribution in [0.5, 0.6) is 5.75 Å². The van der Waals surface area contributed by atoms with E-state index in [-0.39, 0.29) is 11.7 Å². The number of amides is 1. The summed E-state index contributed by atoms with van der Waals surface area (Å²) in [4.78, 5) is 28.5. The zero-order valence-corrected chi connectivity index (χ0v) is 15.1. The first-order chi connectivity index (χ1) is 13.1. The Kier molecular flexibility index (Phi) is 5.99. The van der Waals surface area contributed by atoms with Gasteiger partial charge in [0, 0.05) is 37.1 Å². The van der Waals surface area contributed by atoms with Crippen molar-refractivity contribution in [3.8, 4) is 5.75 Å². The zero-order valence-electron chi connectivity index (χ0n) is 15.1. The number of anilines is 1. The minimum Gasteiger partial charge on any atom is -0.494 e. The third-order valence-corrected chi connectivity index (χ3v) is 4.02. The van der Waals surface area contributed by atoms with Crippen molar-refractivity contribution in [3.63, 3.8) is 0 Å². The second-order valence-electron chi connectivity index (χ2n) is 6.08. The lowest BCUT2D eigenvalue weighted by Gasteiger charge is -2.08. The maximum absolute atomic E-state index is 12.4. The molecule has 2 aromatic carbocycles. The van der Waals surface area contributed by atoms with Crippen molar-refractivity contribution in [2.24, 2.45) is 7.05 Å². The first kappa shape index (κ1) is 18.4. The molecule has 3 rings (SSSR count). The summed E-state index contributed by atoms with van der Waals surface area (Å²) in [6.45, 7) is 0.481. The van der Waals surface area contributed by atoms with Crippen molar-refractivity contribution >= 4 is 17.4 Å².